The van der Waals surface area contributed by atoms with E-state index in [9.17, 15) is 4.79 Å². The van der Waals surface area contributed by atoms with Crippen molar-refractivity contribution in [3.05, 3.63) is 34.3 Å². The molecule has 1 fully saturated rings. The average molecular weight is 317 g/mol. The molecule has 5 nitrogen and oxygen atoms in total. The molecule has 0 radical (unpaired) electrons. The van der Waals surface area contributed by atoms with Gasteiger partial charge in [-0.05, 0) is 31.2 Å². The predicted molar refractivity (Wildman–Crippen MR) is 65.6 cm³/mol. The van der Waals surface area contributed by atoms with Crippen LogP contribution in [-0.4, -0.2) is 25.2 Å². The highest BCUT2D eigenvalue weighted by Gasteiger charge is 2.33. The van der Waals surface area contributed by atoms with Crippen molar-refractivity contribution < 1.29 is 24.0 Å². The third-order valence-electron chi connectivity index (χ3n) is 2.52. The normalized spacial score (nSPS) is 23.0. The van der Waals surface area contributed by atoms with Gasteiger partial charge < -0.3 is 9.47 Å². The number of hydrogen-bond donors (Lipinski definition) is 0. The summed E-state index contributed by atoms with van der Waals surface area (Å²) in [6, 6.07) is 6.96. The van der Waals surface area contributed by atoms with Crippen molar-refractivity contribution in [3.8, 4) is 0 Å². The van der Waals surface area contributed by atoms with E-state index >= 15 is 0 Å². The van der Waals surface area contributed by atoms with E-state index in [1.54, 1.807) is 31.2 Å². The van der Waals surface area contributed by atoms with E-state index < -0.39 is 5.79 Å². The van der Waals surface area contributed by atoms with Crippen molar-refractivity contribution in [2.45, 2.75) is 19.1 Å². The van der Waals surface area contributed by atoms with Gasteiger partial charge in [0.1, 0.15) is 0 Å². The summed E-state index contributed by atoms with van der Waals surface area (Å²) in [4.78, 5) is 21.3. The molecule has 18 heavy (non-hydrogen) atoms. The maximum Gasteiger partial charge on any atom is 0.338 e. The van der Waals surface area contributed by atoms with Gasteiger partial charge in [0.15, 0.2) is 6.79 Å². The molecule has 0 N–H and O–H groups in total. The van der Waals surface area contributed by atoms with E-state index in [2.05, 4.69) is 20.8 Å². The fourth-order valence-corrected chi connectivity index (χ4v) is 1.70. The summed E-state index contributed by atoms with van der Waals surface area (Å²) in [6.45, 7) is 2.03. The summed E-state index contributed by atoms with van der Waals surface area (Å²) in [5, 5.41) is 0. The molecule has 0 spiro atoms. The van der Waals surface area contributed by atoms with Crippen LogP contribution in [0.3, 0.4) is 0 Å². The van der Waals surface area contributed by atoms with E-state index in [1.165, 1.54) is 0 Å². The lowest BCUT2D eigenvalue weighted by atomic mass is 10.2. The van der Waals surface area contributed by atoms with Gasteiger partial charge in [0, 0.05) is 10.9 Å². The van der Waals surface area contributed by atoms with E-state index in [1.807, 2.05) is 0 Å². The van der Waals surface area contributed by atoms with Crippen molar-refractivity contribution in [2.24, 2.45) is 0 Å². The maximum absolute atomic E-state index is 11.7. The third kappa shape index (κ3) is 3.52. The van der Waals surface area contributed by atoms with Gasteiger partial charge in [-0.1, -0.05) is 15.9 Å². The van der Waals surface area contributed by atoms with Gasteiger partial charge in [0.2, 0.25) is 5.79 Å². The summed E-state index contributed by atoms with van der Waals surface area (Å²) >= 11 is 3.30. The van der Waals surface area contributed by atoms with E-state index in [4.69, 9.17) is 14.4 Å². The second-order valence-electron chi connectivity index (χ2n) is 3.99. The highest BCUT2D eigenvalue weighted by molar-refractivity contribution is 9.10. The van der Waals surface area contributed by atoms with Crippen LogP contribution in [0.15, 0.2) is 28.7 Å². The molecule has 1 aliphatic rings. The Bertz CT molecular complexity index is 411. The smallest absolute Gasteiger partial charge is 0.338 e. The molecule has 1 heterocycles. The summed E-state index contributed by atoms with van der Waals surface area (Å²) in [7, 11) is 0. The topological polar surface area (TPSA) is 54.0 Å². The van der Waals surface area contributed by atoms with Crippen LogP contribution in [0, 0.1) is 0 Å². The van der Waals surface area contributed by atoms with Gasteiger partial charge >= 0.3 is 5.97 Å². The number of esters is 1. The second-order valence-corrected chi connectivity index (χ2v) is 4.91. The van der Waals surface area contributed by atoms with Crippen molar-refractivity contribution in [1.82, 2.24) is 0 Å². The molecular weight excluding hydrogens is 304 g/mol. The molecule has 1 aromatic rings. The Kier molecular flexibility index (Phi) is 4.34. The molecule has 0 saturated carbocycles. The predicted octanol–water partition coefficient (Wildman–Crippen LogP) is 2.65. The molecule has 1 aliphatic heterocycles. The average Bonchev–Trinajstić information content (AvgIpc) is 2.77. The summed E-state index contributed by atoms with van der Waals surface area (Å²) in [6.07, 6.45) is 0.412. The van der Waals surface area contributed by atoms with Crippen LogP contribution < -0.4 is 0 Å². The van der Waals surface area contributed by atoms with Gasteiger partial charge in [-0.15, -0.1) is 0 Å². The number of ether oxygens (including phenoxy) is 2. The molecule has 0 bridgehead atoms. The quantitative estimate of drug-likeness (QED) is 0.631. The summed E-state index contributed by atoms with van der Waals surface area (Å²) in [5.41, 5.74) is 0.507. The molecule has 0 amide bonds. The van der Waals surface area contributed by atoms with Crippen LogP contribution in [-0.2, 0) is 19.2 Å². The standard InChI is InChI=1S/C12H13BrO5/c1-12(16-8-17-18-12)6-7-15-11(14)9-2-4-10(13)5-3-9/h2-5H,6-8H2,1H3. The molecule has 98 valence electrons. The number of carbonyl (C=O) groups is 1. The minimum absolute atomic E-state index is 0.0944. The Morgan fingerprint density at radius 2 is 2.17 bits per heavy atom. The van der Waals surface area contributed by atoms with Gasteiger partial charge in [-0.25, -0.2) is 9.68 Å². The molecule has 1 saturated heterocycles. The lowest BCUT2D eigenvalue weighted by molar-refractivity contribution is -0.317. The number of hydrogen-bond acceptors (Lipinski definition) is 5. The Hall–Kier alpha value is -0.950. The van der Waals surface area contributed by atoms with Gasteiger partial charge in [-0.3, -0.25) is 0 Å². The largest absolute Gasteiger partial charge is 0.462 e. The molecule has 2 rings (SSSR count). The number of benzene rings is 1. The molecule has 1 aromatic carbocycles. The third-order valence-corrected chi connectivity index (χ3v) is 3.05. The van der Waals surface area contributed by atoms with Gasteiger partial charge in [0.25, 0.3) is 0 Å². The highest BCUT2D eigenvalue weighted by atomic mass is 79.9. The first kappa shape index (κ1) is 13.5. The molecule has 6 heteroatoms. The Balaban J connectivity index is 1.79. The number of halogens is 1. The zero-order valence-electron chi connectivity index (χ0n) is 9.85. The van der Waals surface area contributed by atoms with Crippen LogP contribution in [0.5, 0.6) is 0 Å². The molecule has 1 atom stereocenters. The van der Waals surface area contributed by atoms with E-state index in [0.717, 1.165) is 4.47 Å². The SMILES string of the molecule is CC1(CCOC(=O)c2ccc(Br)cc2)OCOO1. The lowest BCUT2D eigenvalue weighted by Crippen LogP contribution is -2.27. The number of rotatable bonds is 4. The van der Waals surface area contributed by atoms with Gasteiger partial charge in [0.05, 0.1) is 12.2 Å². The molecule has 0 aromatic heterocycles. The van der Waals surface area contributed by atoms with Crippen molar-refractivity contribution in [3.63, 3.8) is 0 Å². The molecular formula is C12H13BrO5. The van der Waals surface area contributed by atoms with Crippen molar-refractivity contribution in [1.29, 1.82) is 0 Å². The second kappa shape index (κ2) is 5.79. The summed E-state index contributed by atoms with van der Waals surface area (Å²) in [5.74, 6) is -1.20. The fourth-order valence-electron chi connectivity index (χ4n) is 1.43. The minimum Gasteiger partial charge on any atom is -0.462 e. The fraction of sp³-hybridized carbons (Fsp3) is 0.417. The number of carbonyl (C=O) groups excluding carboxylic acids is 1. The first-order valence-corrected chi connectivity index (χ1v) is 6.26. The van der Waals surface area contributed by atoms with Crippen molar-refractivity contribution >= 4 is 21.9 Å². The summed E-state index contributed by atoms with van der Waals surface area (Å²) < 4.78 is 11.2. The first-order chi connectivity index (χ1) is 8.59. The molecule has 0 aliphatic carbocycles. The first-order valence-electron chi connectivity index (χ1n) is 5.46. The zero-order valence-corrected chi connectivity index (χ0v) is 11.4. The maximum atomic E-state index is 11.7. The van der Waals surface area contributed by atoms with E-state index in [-0.39, 0.29) is 19.4 Å². The van der Waals surface area contributed by atoms with Crippen LogP contribution in [0.25, 0.3) is 0 Å². The monoisotopic (exact) mass is 316 g/mol. The highest BCUT2D eigenvalue weighted by Crippen LogP contribution is 2.23. The molecule has 1 unspecified atom stereocenters. The van der Waals surface area contributed by atoms with Crippen LogP contribution >= 0.6 is 15.9 Å². The van der Waals surface area contributed by atoms with Crippen LogP contribution in [0.1, 0.15) is 23.7 Å². The van der Waals surface area contributed by atoms with E-state index in [0.29, 0.717) is 12.0 Å². The van der Waals surface area contributed by atoms with Crippen LogP contribution in [0.4, 0.5) is 0 Å². The Labute approximate surface area is 113 Å². The zero-order chi connectivity index (χ0) is 13.0. The van der Waals surface area contributed by atoms with Crippen molar-refractivity contribution in [2.75, 3.05) is 13.4 Å². The Morgan fingerprint density at radius 1 is 1.44 bits per heavy atom. The van der Waals surface area contributed by atoms with Gasteiger partial charge in [-0.2, -0.15) is 4.89 Å². The lowest BCUT2D eigenvalue weighted by Gasteiger charge is -2.18. The van der Waals surface area contributed by atoms with Crippen LogP contribution in [0.2, 0.25) is 0 Å². The minimum atomic E-state index is -0.833. The Morgan fingerprint density at radius 3 is 2.78 bits per heavy atom.